The van der Waals surface area contributed by atoms with E-state index in [-0.39, 0.29) is 12.6 Å². The SMILES string of the molecule is C=CCOC(=O)C=C(C)c1ccccc1. The van der Waals surface area contributed by atoms with E-state index in [9.17, 15) is 4.79 Å². The van der Waals surface area contributed by atoms with E-state index in [1.807, 2.05) is 37.3 Å². The Bertz CT molecular complexity index is 363. The van der Waals surface area contributed by atoms with Crippen LogP contribution in [0.15, 0.2) is 49.1 Å². The van der Waals surface area contributed by atoms with Crippen molar-refractivity contribution in [1.29, 1.82) is 0 Å². The van der Waals surface area contributed by atoms with Crippen molar-refractivity contribution in [3.8, 4) is 0 Å². The van der Waals surface area contributed by atoms with Crippen molar-refractivity contribution in [2.75, 3.05) is 6.61 Å². The second-order valence-corrected chi connectivity index (χ2v) is 3.11. The first-order valence-corrected chi connectivity index (χ1v) is 4.75. The molecule has 0 spiro atoms. The summed E-state index contributed by atoms with van der Waals surface area (Å²) in [6.45, 7) is 5.60. The summed E-state index contributed by atoms with van der Waals surface area (Å²) in [6, 6.07) is 9.70. The molecule has 78 valence electrons. The first-order valence-electron chi connectivity index (χ1n) is 4.75. The van der Waals surface area contributed by atoms with Crippen molar-refractivity contribution in [2.24, 2.45) is 0 Å². The highest BCUT2D eigenvalue weighted by molar-refractivity contribution is 5.90. The quantitative estimate of drug-likeness (QED) is 0.426. The van der Waals surface area contributed by atoms with Crippen LogP contribution in [0.3, 0.4) is 0 Å². The summed E-state index contributed by atoms with van der Waals surface area (Å²) in [5, 5.41) is 0. The van der Waals surface area contributed by atoms with Crippen LogP contribution >= 0.6 is 0 Å². The van der Waals surface area contributed by atoms with Crippen LogP contribution in [-0.2, 0) is 9.53 Å². The molecule has 0 aliphatic rings. The monoisotopic (exact) mass is 202 g/mol. The molecule has 0 fully saturated rings. The molecular formula is C13H14O2. The summed E-state index contributed by atoms with van der Waals surface area (Å²) < 4.78 is 4.85. The van der Waals surface area contributed by atoms with Crippen molar-refractivity contribution < 1.29 is 9.53 Å². The van der Waals surface area contributed by atoms with Crippen LogP contribution in [0.5, 0.6) is 0 Å². The summed E-state index contributed by atoms with van der Waals surface area (Å²) in [5.74, 6) is -0.337. The minimum atomic E-state index is -0.337. The van der Waals surface area contributed by atoms with Gasteiger partial charge in [0.1, 0.15) is 6.61 Å². The third kappa shape index (κ3) is 3.81. The minimum Gasteiger partial charge on any atom is -0.458 e. The van der Waals surface area contributed by atoms with E-state index in [0.29, 0.717) is 0 Å². The number of esters is 1. The van der Waals surface area contributed by atoms with E-state index in [0.717, 1.165) is 11.1 Å². The number of carbonyl (C=O) groups is 1. The maximum absolute atomic E-state index is 11.2. The Kier molecular flexibility index (Phi) is 4.35. The molecule has 2 heteroatoms. The van der Waals surface area contributed by atoms with Gasteiger partial charge >= 0.3 is 5.97 Å². The summed E-state index contributed by atoms with van der Waals surface area (Å²) in [5.41, 5.74) is 1.91. The van der Waals surface area contributed by atoms with E-state index in [2.05, 4.69) is 6.58 Å². The molecule has 0 heterocycles. The maximum atomic E-state index is 11.2. The van der Waals surface area contributed by atoms with E-state index in [1.54, 1.807) is 6.08 Å². The number of hydrogen-bond acceptors (Lipinski definition) is 2. The summed E-state index contributed by atoms with van der Waals surface area (Å²) in [4.78, 5) is 11.2. The van der Waals surface area contributed by atoms with Crippen LogP contribution in [0.25, 0.3) is 5.57 Å². The fraction of sp³-hybridized carbons (Fsp3) is 0.154. The topological polar surface area (TPSA) is 26.3 Å². The van der Waals surface area contributed by atoms with Crippen LogP contribution in [0.2, 0.25) is 0 Å². The van der Waals surface area contributed by atoms with E-state index in [4.69, 9.17) is 4.74 Å². The second kappa shape index (κ2) is 5.81. The largest absolute Gasteiger partial charge is 0.458 e. The van der Waals surface area contributed by atoms with Crippen LogP contribution in [0.1, 0.15) is 12.5 Å². The molecule has 1 aromatic carbocycles. The molecule has 0 saturated heterocycles. The Morgan fingerprint density at radius 2 is 2.07 bits per heavy atom. The molecule has 0 unspecified atom stereocenters. The molecule has 2 nitrogen and oxygen atoms in total. The van der Waals surface area contributed by atoms with Crippen LogP contribution in [0, 0.1) is 0 Å². The lowest BCUT2D eigenvalue weighted by Crippen LogP contribution is -2.00. The van der Waals surface area contributed by atoms with Gasteiger partial charge in [0.05, 0.1) is 0 Å². The molecule has 1 aromatic rings. The van der Waals surface area contributed by atoms with Crippen molar-refractivity contribution in [3.63, 3.8) is 0 Å². The van der Waals surface area contributed by atoms with Gasteiger partial charge in [-0.3, -0.25) is 0 Å². The third-order valence-corrected chi connectivity index (χ3v) is 1.91. The van der Waals surface area contributed by atoms with Crippen molar-refractivity contribution in [1.82, 2.24) is 0 Å². The van der Waals surface area contributed by atoms with Gasteiger partial charge in [0.25, 0.3) is 0 Å². The maximum Gasteiger partial charge on any atom is 0.331 e. The van der Waals surface area contributed by atoms with Crippen molar-refractivity contribution >= 4 is 11.5 Å². The Labute approximate surface area is 89.9 Å². The Balaban J connectivity index is 2.67. The molecule has 0 aromatic heterocycles. The molecule has 0 bridgehead atoms. The van der Waals surface area contributed by atoms with E-state index < -0.39 is 0 Å². The normalized spacial score (nSPS) is 10.9. The molecule has 0 aliphatic carbocycles. The van der Waals surface area contributed by atoms with Gasteiger partial charge in [-0.05, 0) is 18.1 Å². The second-order valence-electron chi connectivity index (χ2n) is 3.11. The number of allylic oxidation sites excluding steroid dienone is 1. The number of benzene rings is 1. The molecule has 15 heavy (non-hydrogen) atoms. The Morgan fingerprint density at radius 1 is 1.40 bits per heavy atom. The zero-order chi connectivity index (χ0) is 11.1. The molecule has 0 N–H and O–H groups in total. The first kappa shape index (κ1) is 11.2. The summed E-state index contributed by atoms with van der Waals surface area (Å²) in [6.07, 6.45) is 3.03. The Morgan fingerprint density at radius 3 is 2.67 bits per heavy atom. The highest BCUT2D eigenvalue weighted by Crippen LogP contribution is 2.12. The molecule has 0 aliphatic heterocycles. The van der Waals surface area contributed by atoms with Gasteiger partial charge < -0.3 is 4.74 Å². The smallest absolute Gasteiger partial charge is 0.331 e. The Hall–Kier alpha value is -1.83. The number of rotatable bonds is 4. The van der Waals surface area contributed by atoms with E-state index >= 15 is 0 Å². The van der Waals surface area contributed by atoms with Gasteiger partial charge in [-0.2, -0.15) is 0 Å². The molecule has 0 atom stereocenters. The molecule has 0 saturated carbocycles. The van der Waals surface area contributed by atoms with Gasteiger partial charge in [-0.25, -0.2) is 4.79 Å². The third-order valence-electron chi connectivity index (χ3n) is 1.91. The zero-order valence-corrected chi connectivity index (χ0v) is 8.77. The van der Waals surface area contributed by atoms with Crippen LogP contribution < -0.4 is 0 Å². The van der Waals surface area contributed by atoms with Crippen molar-refractivity contribution in [3.05, 3.63) is 54.6 Å². The van der Waals surface area contributed by atoms with Crippen molar-refractivity contribution in [2.45, 2.75) is 6.92 Å². The van der Waals surface area contributed by atoms with Gasteiger partial charge in [0, 0.05) is 6.08 Å². The number of ether oxygens (including phenoxy) is 1. The summed E-state index contributed by atoms with van der Waals surface area (Å²) in [7, 11) is 0. The average molecular weight is 202 g/mol. The fourth-order valence-corrected chi connectivity index (χ4v) is 1.14. The fourth-order valence-electron chi connectivity index (χ4n) is 1.14. The number of hydrogen-bond donors (Lipinski definition) is 0. The van der Waals surface area contributed by atoms with E-state index in [1.165, 1.54) is 6.08 Å². The molecular weight excluding hydrogens is 188 g/mol. The predicted molar refractivity (Wildman–Crippen MR) is 61.2 cm³/mol. The van der Waals surface area contributed by atoms with Crippen LogP contribution in [-0.4, -0.2) is 12.6 Å². The van der Waals surface area contributed by atoms with Crippen LogP contribution in [0.4, 0.5) is 0 Å². The lowest BCUT2D eigenvalue weighted by atomic mass is 10.1. The standard InChI is InChI=1S/C13H14O2/c1-3-9-15-13(14)10-11(2)12-7-5-4-6-8-12/h3-8,10H,1,9H2,2H3. The summed E-state index contributed by atoms with van der Waals surface area (Å²) >= 11 is 0. The first-order chi connectivity index (χ1) is 7.24. The van der Waals surface area contributed by atoms with Gasteiger partial charge in [0.15, 0.2) is 0 Å². The predicted octanol–water partition coefficient (Wildman–Crippen LogP) is 2.82. The molecule has 0 radical (unpaired) electrons. The number of carbonyl (C=O) groups excluding carboxylic acids is 1. The zero-order valence-electron chi connectivity index (χ0n) is 8.77. The van der Waals surface area contributed by atoms with Gasteiger partial charge in [-0.15, -0.1) is 0 Å². The lowest BCUT2D eigenvalue weighted by Gasteiger charge is -2.01. The minimum absolute atomic E-state index is 0.247. The molecule has 0 amide bonds. The van der Waals surface area contributed by atoms with Gasteiger partial charge in [0.2, 0.25) is 0 Å². The average Bonchev–Trinajstić information content (AvgIpc) is 2.27. The highest BCUT2D eigenvalue weighted by Gasteiger charge is 1.99. The molecule has 1 rings (SSSR count). The highest BCUT2D eigenvalue weighted by atomic mass is 16.5. The van der Waals surface area contributed by atoms with Gasteiger partial charge in [-0.1, -0.05) is 43.0 Å². The lowest BCUT2D eigenvalue weighted by molar-refractivity contribution is -0.136.